The van der Waals surface area contributed by atoms with Gasteiger partial charge in [0.1, 0.15) is 0 Å². The van der Waals surface area contributed by atoms with Crippen LogP contribution in [0.4, 0.5) is 14.5 Å². The largest absolute Gasteiger partial charge is 0.332 e. The van der Waals surface area contributed by atoms with Crippen molar-refractivity contribution in [2.45, 2.75) is 31.7 Å². The number of benzene rings is 2. The number of rotatable bonds is 3. The average Bonchev–Trinajstić information content (AvgIpc) is 3.11. The summed E-state index contributed by atoms with van der Waals surface area (Å²) in [4.78, 5) is 2.16. The molecular formula is C20H19BrF2N2. The summed E-state index contributed by atoms with van der Waals surface area (Å²) >= 11 is 3.48. The third kappa shape index (κ3) is 3.23. The quantitative estimate of drug-likeness (QED) is 0.681. The lowest BCUT2D eigenvalue weighted by atomic mass is 9.95. The normalized spacial score (nSPS) is 20.3. The number of nitrogens with zero attached hydrogens (tertiary/aromatic N) is 1. The summed E-state index contributed by atoms with van der Waals surface area (Å²) in [6.07, 6.45) is 0.729. The molecule has 1 heterocycles. The Labute approximate surface area is 154 Å². The first-order valence-electron chi connectivity index (χ1n) is 8.50. The molecule has 0 saturated heterocycles. The first-order valence-corrected chi connectivity index (χ1v) is 9.29. The highest BCUT2D eigenvalue weighted by Crippen LogP contribution is 2.42. The second-order valence-corrected chi connectivity index (χ2v) is 7.41. The van der Waals surface area contributed by atoms with Crippen LogP contribution in [0.25, 0.3) is 0 Å². The van der Waals surface area contributed by atoms with Crippen LogP contribution < -0.4 is 10.2 Å². The summed E-state index contributed by atoms with van der Waals surface area (Å²) in [7, 11) is 0. The van der Waals surface area contributed by atoms with Crippen molar-refractivity contribution in [1.29, 1.82) is 0 Å². The zero-order chi connectivity index (χ0) is 17.4. The molecule has 25 heavy (non-hydrogen) atoms. The highest BCUT2D eigenvalue weighted by molar-refractivity contribution is 9.10. The van der Waals surface area contributed by atoms with Crippen LogP contribution in [0.3, 0.4) is 0 Å². The Morgan fingerprint density at radius 2 is 1.88 bits per heavy atom. The van der Waals surface area contributed by atoms with Gasteiger partial charge in [-0.1, -0.05) is 40.2 Å². The second-order valence-electron chi connectivity index (χ2n) is 6.50. The molecule has 0 spiro atoms. The van der Waals surface area contributed by atoms with Gasteiger partial charge >= 0.3 is 0 Å². The first-order chi connectivity index (χ1) is 12.1. The fraction of sp³-hybridized carbons (Fsp3) is 0.300. The van der Waals surface area contributed by atoms with Crippen molar-refractivity contribution in [2.24, 2.45) is 0 Å². The lowest BCUT2D eigenvalue weighted by Crippen LogP contribution is -2.41. The maximum Gasteiger partial charge on any atom is 0.263 e. The summed E-state index contributed by atoms with van der Waals surface area (Å²) < 4.78 is 27.2. The average molecular weight is 405 g/mol. The van der Waals surface area contributed by atoms with E-state index in [2.05, 4.69) is 50.4 Å². The molecule has 2 aromatic rings. The van der Waals surface area contributed by atoms with E-state index in [4.69, 9.17) is 0 Å². The molecule has 5 heteroatoms. The standard InChI is InChI=1S/C20H19BrF2N2/c21-15-9-7-13(8-10-15)19-17-5-2-6-18(17)25(12-24-19)16-4-1-3-14(11-16)20(22)23/h1,3-4,7-11,19-20,24H,2,5-6,12H2. The summed E-state index contributed by atoms with van der Waals surface area (Å²) in [6.45, 7) is 0.631. The van der Waals surface area contributed by atoms with Gasteiger partial charge in [0.15, 0.2) is 0 Å². The van der Waals surface area contributed by atoms with Gasteiger partial charge in [-0.2, -0.15) is 0 Å². The van der Waals surface area contributed by atoms with Crippen molar-refractivity contribution in [3.8, 4) is 0 Å². The molecule has 0 aromatic heterocycles. The van der Waals surface area contributed by atoms with Crippen molar-refractivity contribution in [3.05, 3.63) is 75.4 Å². The van der Waals surface area contributed by atoms with Crippen molar-refractivity contribution in [1.82, 2.24) is 5.32 Å². The molecule has 1 unspecified atom stereocenters. The highest BCUT2D eigenvalue weighted by Gasteiger charge is 2.32. The third-order valence-corrected chi connectivity index (χ3v) is 5.52. The van der Waals surface area contributed by atoms with E-state index in [0.717, 1.165) is 29.4 Å². The predicted molar refractivity (Wildman–Crippen MR) is 99.6 cm³/mol. The predicted octanol–water partition coefficient (Wildman–Crippen LogP) is 5.93. The zero-order valence-corrected chi connectivity index (χ0v) is 15.3. The maximum atomic E-state index is 13.0. The molecule has 1 aliphatic heterocycles. The van der Waals surface area contributed by atoms with Crippen molar-refractivity contribution in [3.63, 3.8) is 0 Å². The van der Waals surface area contributed by atoms with Gasteiger partial charge in [-0.15, -0.1) is 0 Å². The van der Waals surface area contributed by atoms with E-state index < -0.39 is 6.43 Å². The molecule has 2 aliphatic rings. The van der Waals surface area contributed by atoms with E-state index in [0.29, 0.717) is 6.67 Å². The SMILES string of the molecule is FC(F)c1cccc(N2CNC(c3ccc(Br)cc3)C3=C2CCC3)c1. The Hall–Kier alpha value is -1.72. The molecule has 4 rings (SSSR count). The van der Waals surface area contributed by atoms with Crippen LogP contribution in [-0.4, -0.2) is 6.67 Å². The Bertz CT molecular complexity index is 802. The van der Waals surface area contributed by atoms with Crippen LogP contribution >= 0.6 is 15.9 Å². The highest BCUT2D eigenvalue weighted by atomic mass is 79.9. The number of hydrogen-bond acceptors (Lipinski definition) is 2. The molecule has 1 atom stereocenters. The summed E-state index contributed by atoms with van der Waals surface area (Å²) in [6, 6.07) is 15.3. The van der Waals surface area contributed by atoms with Gasteiger partial charge < -0.3 is 4.90 Å². The van der Waals surface area contributed by atoms with Crippen molar-refractivity contribution >= 4 is 21.6 Å². The van der Waals surface area contributed by atoms with Crippen LogP contribution in [-0.2, 0) is 0 Å². The van der Waals surface area contributed by atoms with Crippen LogP contribution in [0.1, 0.15) is 42.9 Å². The van der Waals surface area contributed by atoms with Crippen molar-refractivity contribution < 1.29 is 8.78 Å². The Balaban J connectivity index is 1.69. The van der Waals surface area contributed by atoms with Crippen LogP contribution in [0.2, 0.25) is 0 Å². The minimum atomic E-state index is -2.44. The molecule has 0 radical (unpaired) electrons. The molecule has 0 amide bonds. The van der Waals surface area contributed by atoms with Crippen LogP contribution in [0.15, 0.2) is 64.3 Å². The van der Waals surface area contributed by atoms with Crippen molar-refractivity contribution in [2.75, 3.05) is 11.6 Å². The first kappa shape index (κ1) is 16.7. The van der Waals surface area contributed by atoms with Gasteiger partial charge in [-0.3, -0.25) is 5.32 Å². The molecule has 1 N–H and O–H groups in total. The second kappa shape index (κ2) is 6.89. The van der Waals surface area contributed by atoms with Crippen LogP contribution in [0, 0.1) is 0 Å². The molecule has 0 saturated carbocycles. The topological polar surface area (TPSA) is 15.3 Å². The van der Waals surface area contributed by atoms with Gasteiger partial charge in [-0.25, -0.2) is 8.78 Å². The van der Waals surface area contributed by atoms with Crippen LogP contribution in [0.5, 0.6) is 0 Å². The summed E-state index contributed by atoms with van der Waals surface area (Å²) in [5, 5.41) is 3.59. The van der Waals surface area contributed by atoms with E-state index in [9.17, 15) is 8.78 Å². The van der Waals surface area contributed by atoms with Gasteiger partial charge in [0.2, 0.25) is 0 Å². The smallest absolute Gasteiger partial charge is 0.263 e. The molecule has 0 fully saturated rings. The number of allylic oxidation sites excluding steroid dienone is 1. The Kier molecular flexibility index (Phi) is 4.61. The van der Waals surface area contributed by atoms with Gasteiger partial charge in [-0.05, 0) is 54.7 Å². The zero-order valence-electron chi connectivity index (χ0n) is 13.7. The molecule has 2 nitrogen and oxygen atoms in total. The molecule has 2 aromatic carbocycles. The lowest BCUT2D eigenvalue weighted by Gasteiger charge is -2.37. The molecule has 130 valence electrons. The van der Waals surface area contributed by atoms with E-state index in [1.165, 1.54) is 22.9 Å². The van der Waals surface area contributed by atoms with E-state index in [1.807, 2.05) is 6.07 Å². The number of halogens is 3. The monoisotopic (exact) mass is 404 g/mol. The number of nitrogens with one attached hydrogen (secondary N) is 1. The van der Waals surface area contributed by atoms with Gasteiger partial charge in [0.05, 0.1) is 12.7 Å². The van der Waals surface area contributed by atoms with E-state index >= 15 is 0 Å². The summed E-state index contributed by atoms with van der Waals surface area (Å²) in [5.74, 6) is 0. The number of hydrogen-bond donors (Lipinski definition) is 1. The van der Waals surface area contributed by atoms with Gasteiger partial charge in [0, 0.05) is 21.4 Å². The van der Waals surface area contributed by atoms with Gasteiger partial charge in [0.25, 0.3) is 6.43 Å². The molecular weight excluding hydrogens is 386 g/mol. The van der Waals surface area contributed by atoms with E-state index in [1.54, 1.807) is 12.1 Å². The fourth-order valence-electron chi connectivity index (χ4n) is 3.82. The lowest BCUT2D eigenvalue weighted by molar-refractivity contribution is 0.151. The number of anilines is 1. The molecule has 1 aliphatic carbocycles. The fourth-order valence-corrected chi connectivity index (χ4v) is 4.09. The minimum Gasteiger partial charge on any atom is -0.332 e. The maximum absolute atomic E-state index is 13.0. The summed E-state index contributed by atoms with van der Waals surface area (Å²) in [5.41, 5.74) is 4.84. The Morgan fingerprint density at radius 3 is 2.64 bits per heavy atom. The minimum absolute atomic E-state index is 0.0766. The third-order valence-electron chi connectivity index (χ3n) is 5.00. The molecule has 0 bridgehead atoms. The Morgan fingerprint density at radius 1 is 1.08 bits per heavy atom. The van der Waals surface area contributed by atoms with E-state index in [-0.39, 0.29) is 11.6 Å². The number of alkyl halides is 2.